The summed E-state index contributed by atoms with van der Waals surface area (Å²) in [5.74, 6) is 0.349. The maximum Gasteiger partial charge on any atom is 0.330 e. The van der Waals surface area contributed by atoms with Crippen LogP contribution in [0.1, 0.15) is 31.0 Å². The normalized spacial score (nSPS) is 11.0. The zero-order valence-electron chi connectivity index (χ0n) is 13.9. The summed E-state index contributed by atoms with van der Waals surface area (Å²) >= 11 is 0. The number of aromatic nitrogens is 1. The van der Waals surface area contributed by atoms with Crippen LogP contribution in [0.25, 0.3) is 17.2 Å². The molecule has 0 N–H and O–H groups in total. The van der Waals surface area contributed by atoms with Crippen LogP contribution in [0.2, 0.25) is 0 Å². The van der Waals surface area contributed by atoms with E-state index in [1.807, 2.05) is 36.4 Å². The van der Waals surface area contributed by atoms with E-state index >= 15 is 0 Å². The van der Waals surface area contributed by atoms with Crippen molar-refractivity contribution in [3.05, 3.63) is 53.7 Å². The number of carbonyl (C=O) groups excluding carboxylic acids is 1. The maximum atomic E-state index is 11.5. The second-order valence-electron chi connectivity index (χ2n) is 5.39. The molecule has 0 bridgehead atoms. The molecule has 1 aromatic carbocycles. The molecule has 2 rings (SSSR count). The molecule has 4 heteroatoms. The van der Waals surface area contributed by atoms with Crippen LogP contribution in [-0.4, -0.2) is 25.2 Å². The van der Waals surface area contributed by atoms with Crippen LogP contribution < -0.4 is 4.74 Å². The third-order valence-corrected chi connectivity index (χ3v) is 3.49. The summed E-state index contributed by atoms with van der Waals surface area (Å²) in [5, 5.41) is 0. The van der Waals surface area contributed by atoms with E-state index in [4.69, 9.17) is 9.47 Å². The van der Waals surface area contributed by atoms with Crippen molar-refractivity contribution in [2.75, 3.05) is 14.2 Å². The highest BCUT2D eigenvalue weighted by atomic mass is 16.5. The first-order chi connectivity index (χ1) is 11.1. The first-order valence-electron chi connectivity index (χ1n) is 7.47. The molecule has 0 saturated heterocycles. The minimum Gasteiger partial charge on any atom is -0.481 e. The smallest absolute Gasteiger partial charge is 0.330 e. The number of methoxy groups -OCH3 is 2. The molecule has 0 aliphatic rings. The topological polar surface area (TPSA) is 48.4 Å². The molecule has 120 valence electrons. The van der Waals surface area contributed by atoms with E-state index in [9.17, 15) is 4.79 Å². The second kappa shape index (κ2) is 7.58. The summed E-state index contributed by atoms with van der Waals surface area (Å²) < 4.78 is 10.0. The van der Waals surface area contributed by atoms with Crippen molar-refractivity contribution in [3.8, 4) is 17.0 Å². The summed E-state index contributed by atoms with van der Waals surface area (Å²) in [6.07, 6.45) is 3.18. The average molecular weight is 311 g/mol. The summed E-state index contributed by atoms with van der Waals surface area (Å²) in [4.78, 5) is 16.0. The third-order valence-electron chi connectivity index (χ3n) is 3.49. The number of hydrogen-bond acceptors (Lipinski definition) is 4. The third kappa shape index (κ3) is 3.97. The molecule has 4 nitrogen and oxygen atoms in total. The average Bonchev–Trinajstić information content (AvgIpc) is 2.59. The van der Waals surface area contributed by atoms with E-state index in [0.717, 1.165) is 22.4 Å². The number of esters is 1. The van der Waals surface area contributed by atoms with Gasteiger partial charge >= 0.3 is 5.97 Å². The van der Waals surface area contributed by atoms with Crippen LogP contribution in [0, 0.1) is 0 Å². The first-order valence-corrected chi connectivity index (χ1v) is 7.47. The van der Waals surface area contributed by atoms with Crippen LogP contribution in [0.15, 0.2) is 42.5 Å². The van der Waals surface area contributed by atoms with Gasteiger partial charge in [0.2, 0.25) is 5.88 Å². The Morgan fingerprint density at radius 2 is 1.87 bits per heavy atom. The highest BCUT2D eigenvalue weighted by Gasteiger charge is 2.15. The predicted molar refractivity (Wildman–Crippen MR) is 91.4 cm³/mol. The second-order valence-corrected chi connectivity index (χ2v) is 5.39. The van der Waals surface area contributed by atoms with E-state index in [2.05, 4.69) is 18.8 Å². The number of benzene rings is 1. The quantitative estimate of drug-likeness (QED) is 0.617. The van der Waals surface area contributed by atoms with Crippen LogP contribution in [0.3, 0.4) is 0 Å². The van der Waals surface area contributed by atoms with Gasteiger partial charge in [-0.3, -0.25) is 0 Å². The lowest BCUT2D eigenvalue weighted by atomic mass is 9.94. The largest absolute Gasteiger partial charge is 0.481 e. The fourth-order valence-corrected chi connectivity index (χ4v) is 2.35. The summed E-state index contributed by atoms with van der Waals surface area (Å²) in [6.45, 7) is 4.12. The molecule has 0 radical (unpaired) electrons. The van der Waals surface area contributed by atoms with Crippen molar-refractivity contribution in [3.63, 3.8) is 0 Å². The van der Waals surface area contributed by atoms with E-state index in [1.54, 1.807) is 13.2 Å². The molecule has 1 heterocycles. The molecular formula is C19H21NO3. The van der Waals surface area contributed by atoms with Gasteiger partial charge in [-0.2, -0.15) is 0 Å². The Balaban J connectivity index is 2.68. The van der Waals surface area contributed by atoms with Gasteiger partial charge in [0.05, 0.1) is 19.9 Å². The van der Waals surface area contributed by atoms with E-state index in [-0.39, 0.29) is 5.92 Å². The lowest BCUT2D eigenvalue weighted by Crippen LogP contribution is -2.03. The Hall–Kier alpha value is -2.62. The molecule has 0 fully saturated rings. The fraction of sp³-hybridized carbons (Fsp3) is 0.263. The number of nitrogens with zero attached hydrogens (tertiary/aromatic N) is 1. The van der Waals surface area contributed by atoms with Gasteiger partial charge in [-0.05, 0) is 23.1 Å². The highest BCUT2D eigenvalue weighted by Crippen LogP contribution is 2.33. The van der Waals surface area contributed by atoms with Crippen molar-refractivity contribution in [1.82, 2.24) is 4.98 Å². The van der Waals surface area contributed by atoms with Crippen molar-refractivity contribution in [2.24, 2.45) is 0 Å². The monoisotopic (exact) mass is 311 g/mol. The highest BCUT2D eigenvalue weighted by molar-refractivity contribution is 5.89. The molecule has 0 aliphatic heterocycles. The van der Waals surface area contributed by atoms with Crippen LogP contribution in [-0.2, 0) is 9.53 Å². The fourth-order valence-electron chi connectivity index (χ4n) is 2.35. The number of ether oxygens (including phenoxy) is 2. The van der Waals surface area contributed by atoms with E-state index < -0.39 is 5.97 Å². The van der Waals surface area contributed by atoms with Crippen LogP contribution >= 0.6 is 0 Å². The Labute approximate surface area is 136 Å². The Kier molecular flexibility index (Phi) is 5.52. The molecule has 0 spiro atoms. The van der Waals surface area contributed by atoms with Crippen LogP contribution in [0.5, 0.6) is 5.88 Å². The summed E-state index contributed by atoms with van der Waals surface area (Å²) in [7, 11) is 2.96. The predicted octanol–water partition coefficient (Wildman–Crippen LogP) is 4.07. The lowest BCUT2D eigenvalue weighted by Gasteiger charge is -2.16. The first kappa shape index (κ1) is 16.7. The molecule has 2 aromatic rings. The minimum atomic E-state index is -0.394. The standard InChI is InChI=1S/C19H21NO3/c1-13(2)19-15(10-11-18(21)23-4)16(12-17(20-19)22-3)14-8-6-5-7-9-14/h5-13H,1-4H3/b11-10-. The van der Waals surface area contributed by atoms with Crippen molar-refractivity contribution < 1.29 is 14.3 Å². The van der Waals surface area contributed by atoms with Gasteiger partial charge in [-0.15, -0.1) is 0 Å². The molecule has 0 aliphatic carbocycles. The molecule has 1 aromatic heterocycles. The molecule has 0 amide bonds. The minimum absolute atomic E-state index is 0.185. The van der Waals surface area contributed by atoms with Gasteiger partial charge in [0, 0.05) is 17.7 Å². The zero-order valence-corrected chi connectivity index (χ0v) is 13.9. The molecular weight excluding hydrogens is 290 g/mol. The Bertz CT molecular complexity index is 706. The molecule has 0 atom stereocenters. The van der Waals surface area contributed by atoms with Gasteiger partial charge in [-0.25, -0.2) is 9.78 Å². The van der Waals surface area contributed by atoms with E-state index in [1.165, 1.54) is 13.2 Å². The molecule has 0 unspecified atom stereocenters. The SMILES string of the molecule is COC(=O)/C=C\c1c(-c2ccccc2)cc(OC)nc1C(C)C. The number of carbonyl (C=O) groups is 1. The van der Waals surface area contributed by atoms with Gasteiger partial charge < -0.3 is 9.47 Å². The van der Waals surface area contributed by atoms with Crippen LogP contribution in [0.4, 0.5) is 0 Å². The van der Waals surface area contributed by atoms with Crippen molar-refractivity contribution in [2.45, 2.75) is 19.8 Å². The number of rotatable bonds is 5. The summed E-state index contributed by atoms with van der Waals surface area (Å²) in [6, 6.07) is 11.9. The van der Waals surface area contributed by atoms with Gasteiger partial charge in [0.25, 0.3) is 0 Å². The van der Waals surface area contributed by atoms with Gasteiger partial charge in [0.15, 0.2) is 0 Å². The van der Waals surface area contributed by atoms with Gasteiger partial charge in [0.1, 0.15) is 0 Å². The molecule has 0 saturated carbocycles. The number of pyridine rings is 1. The zero-order chi connectivity index (χ0) is 16.8. The summed E-state index contributed by atoms with van der Waals surface area (Å²) in [5.41, 5.74) is 3.79. The number of hydrogen-bond donors (Lipinski definition) is 0. The van der Waals surface area contributed by atoms with E-state index in [0.29, 0.717) is 5.88 Å². The van der Waals surface area contributed by atoms with Crippen molar-refractivity contribution in [1.29, 1.82) is 0 Å². The Morgan fingerprint density at radius 1 is 1.17 bits per heavy atom. The maximum absolute atomic E-state index is 11.5. The lowest BCUT2D eigenvalue weighted by molar-refractivity contribution is -0.134. The molecule has 23 heavy (non-hydrogen) atoms. The van der Waals surface area contributed by atoms with Gasteiger partial charge in [-0.1, -0.05) is 44.2 Å². The van der Waals surface area contributed by atoms with Crippen molar-refractivity contribution >= 4 is 12.0 Å². The Morgan fingerprint density at radius 3 is 2.43 bits per heavy atom.